The maximum Gasteiger partial charge on any atom is 0.337 e. The predicted octanol–water partition coefficient (Wildman–Crippen LogP) is 5.84. The van der Waals surface area contributed by atoms with Gasteiger partial charge in [-0.05, 0) is 72.6 Å². The average Bonchev–Trinajstić information content (AvgIpc) is 3.05. The van der Waals surface area contributed by atoms with Crippen molar-refractivity contribution < 1.29 is 23.8 Å². The molecular formula is C30H36ClNO5. The summed E-state index contributed by atoms with van der Waals surface area (Å²) in [7, 11) is 1.40. The van der Waals surface area contributed by atoms with Crippen molar-refractivity contribution in [2.24, 2.45) is 11.8 Å². The van der Waals surface area contributed by atoms with E-state index in [-0.39, 0.29) is 18.0 Å². The fourth-order valence-corrected chi connectivity index (χ4v) is 6.33. The summed E-state index contributed by atoms with van der Waals surface area (Å²) in [6.07, 6.45) is 5.27. The highest BCUT2D eigenvalue weighted by atomic mass is 35.5. The Kier molecular flexibility index (Phi) is 8.06. The second-order valence-electron chi connectivity index (χ2n) is 10.6. The van der Waals surface area contributed by atoms with Crippen LogP contribution in [0.3, 0.4) is 0 Å². The van der Waals surface area contributed by atoms with Crippen molar-refractivity contribution in [3.8, 4) is 5.75 Å². The van der Waals surface area contributed by atoms with Gasteiger partial charge in [-0.25, -0.2) is 4.79 Å². The highest BCUT2D eigenvalue weighted by Crippen LogP contribution is 2.44. The number of aryl methyl sites for hydroxylation is 1. The number of methoxy groups -OCH3 is 1. The van der Waals surface area contributed by atoms with Gasteiger partial charge >= 0.3 is 5.97 Å². The molecule has 1 aliphatic carbocycles. The average molecular weight is 526 g/mol. The van der Waals surface area contributed by atoms with E-state index in [9.17, 15) is 9.59 Å². The first kappa shape index (κ1) is 26.1. The second-order valence-corrected chi connectivity index (χ2v) is 11.0. The van der Waals surface area contributed by atoms with E-state index in [0.29, 0.717) is 49.2 Å². The number of rotatable bonds is 7. The van der Waals surface area contributed by atoms with Gasteiger partial charge in [0, 0.05) is 36.9 Å². The lowest BCUT2D eigenvalue weighted by Crippen LogP contribution is -2.46. The Balaban J connectivity index is 1.45. The van der Waals surface area contributed by atoms with Crippen LogP contribution < -0.4 is 9.64 Å². The van der Waals surface area contributed by atoms with Gasteiger partial charge in [0.05, 0.1) is 37.7 Å². The van der Waals surface area contributed by atoms with Gasteiger partial charge in [-0.2, -0.15) is 0 Å². The number of carbonyl (C=O) groups is 2. The minimum atomic E-state index is -0.359. The zero-order chi connectivity index (χ0) is 25.9. The number of anilines is 1. The lowest BCUT2D eigenvalue weighted by molar-refractivity contribution is -0.135. The molecule has 2 aromatic carbocycles. The van der Waals surface area contributed by atoms with Crippen LogP contribution in [0.5, 0.6) is 5.75 Å². The molecule has 2 aromatic rings. The third-order valence-electron chi connectivity index (χ3n) is 8.22. The largest absolute Gasteiger partial charge is 0.491 e. The Hall–Kier alpha value is -2.57. The minimum absolute atomic E-state index is 0.0207. The van der Waals surface area contributed by atoms with E-state index in [0.717, 1.165) is 55.2 Å². The molecule has 7 heteroatoms. The molecule has 0 aromatic heterocycles. The van der Waals surface area contributed by atoms with Crippen LogP contribution in [0.15, 0.2) is 36.4 Å². The third-order valence-corrected chi connectivity index (χ3v) is 8.45. The zero-order valence-corrected chi connectivity index (χ0v) is 22.5. The van der Waals surface area contributed by atoms with E-state index in [1.54, 1.807) is 6.07 Å². The summed E-state index contributed by atoms with van der Waals surface area (Å²) in [5.74, 6) is 1.68. The second kappa shape index (κ2) is 11.4. The molecule has 0 bridgehead atoms. The number of hydrogen-bond acceptors (Lipinski definition) is 6. The number of halogens is 1. The van der Waals surface area contributed by atoms with Crippen LogP contribution in [0, 0.1) is 11.8 Å². The molecule has 6 nitrogen and oxygen atoms in total. The van der Waals surface area contributed by atoms with Crippen LogP contribution in [0.4, 0.5) is 5.69 Å². The smallest absolute Gasteiger partial charge is 0.337 e. The normalized spacial score (nSPS) is 25.5. The van der Waals surface area contributed by atoms with Gasteiger partial charge in [0.1, 0.15) is 11.5 Å². The number of benzene rings is 2. The van der Waals surface area contributed by atoms with Gasteiger partial charge in [-0.3, -0.25) is 4.79 Å². The lowest BCUT2D eigenvalue weighted by atomic mass is 9.68. The number of esters is 1. The molecule has 198 valence electrons. The van der Waals surface area contributed by atoms with Crippen LogP contribution >= 0.6 is 11.6 Å². The summed E-state index contributed by atoms with van der Waals surface area (Å²) in [5, 5.41) is 0.754. The van der Waals surface area contributed by atoms with E-state index in [1.165, 1.54) is 18.2 Å². The molecule has 2 fully saturated rings. The Labute approximate surface area is 224 Å². The van der Waals surface area contributed by atoms with Gasteiger partial charge in [0.25, 0.3) is 0 Å². The molecule has 4 unspecified atom stereocenters. The molecule has 37 heavy (non-hydrogen) atoms. The fraction of sp³-hybridized carbons (Fsp3) is 0.533. The standard InChI is InChI=1S/C30H36ClNO5/c1-3-4-19-13-23(31)7-9-25(19)22-17-32(16-21-5-8-26(21)29-15-24(33)11-12-36-29)27-14-20(30(34)35-2)6-10-28(27)37-18-22/h6-7,9-10,13-14,21-22,26,29H,3-5,8,11-12,15-18H2,1-2H3. The molecule has 2 heterocycles. The summed E-state index contributed by atoms with van der Waals surface area (Å²) in [6.45, 7) is 4.86. The molecule has 5 rings (SSSR count). The molecule has 0 N–H and O–H groups in total. The Morgan fingerprint density at radius 2 is 2.05 bits per heavy atom. The molecule has 2 aliphatic heterocycles. The number of hydrogen-bond donors (Lipinski definition) is 0. The number of ether oxygens (including phenoxy) is 3. The van der Waals surface area contributed by atoms with Crippen molar-refractivity contribution in [1.29, 1.82) is 0 Å². The summed E-state index contributed by atoms with van der Waals surface area (Å²) in [6, 6.07) is 11.7. The number of Topliss-reactive ketones (excluding diaryl/α,β-unsaturated/α-hetero) is 1. The van der Waals surface area contributed by atoms with Crippen LogP contribution in [0.2, 0.25) is 5.02 Å². The fourth-order valence-electron chi connectivity index (χ4n) is 6.14. The van der Waals surface area contributed by atoms with Crippen LogP contribution in [-0.2, 0) is 20.7 Å². The first-order valence-corrected chi connectivity index (χ1v) is 13.9. The number of carbonyl (C=O) groups excluding carboxylic acids is 2. The lowest BCUT2D eigenvalue weighted by Gasteiger charge is -2.45. The quantitative estimate of drug-likeness (QED) is 0.423. The summed E-state index contributed by atoms with van der Waals surface area (Å²) in [5.41, 5.74) is 3.96. The van der Waals surface area contributed by atoms with Crippen molar-refractivity contribution in [2.75, 3.05) is 38.3 Å². The molecule has 0 spiro atoms. The molecule has 3 aliphatic rings. The van der Waals surface area contributed by atoms with E-state index in [4.69, 9.17) is 25.8 Å². The monoisotopic (exact) mass is 525 g/mol. The van der Waals surface area contributed by atoms with E-state index < -0.39 is 0 Å². The van der Waals surface area contributed by atoms with Gasteiger partial charge < -0.3 is 19.1 Å². The number of ketones is 1. The number of nitrogens with zero attached hydrogens (tertiary/aromatic N) is 1. The molecule has 4 atom stereocenters. The molecular weight excluding hydrogens is 490 g/mol. The number of fused-ring (bicyclic) bond motifs is 1. The van der Waals surface area contributed by atoms with Crippen molar-refractivity contribution in [3.63, 3.8) is 0 Å². The van der Waals surface area contributed by atoms with Crippen molar-refractivity contribution in [2.45, 2.75) is 57.5 Å². The predicted molar refractivity (Wildman–Crippen MR) is 144 cm³/mol. The molecule has 1 saturated carbocycles. The van der Waals surface area contributed by atoms with Crippen molar-refractivity contribution >= 4 is 29.0 Å². The molecule has 1 saturated heterocycles. The summed E-state index contributed by atoms with van der Waals surface area (Å²) in [4.78, 5) is 26.8. The summed E-state index contributed by atoms with van der Waals surface area (Å²) >= 11 is 6.36. The van der Waals surface area contributed by atoms with Crippen LogP contribution in [-0.4, -0.2) is 51.3 Å². The minimum Gasteiger partial charge on any atom is -0.491 e. The van der Waals surface area contributed by atoms with Crippen molar-refractivity contribution in [1.82, 2.24) is 0 Å². The topological polar surface area (TPSA) is 65.1 Å². The third kappa shape index (κ3) is 5.65. The first-order chi connectivity index (χ1) is 18.0. The van der Waals surface area contributed by atoms with E-state index in [2.05, 4.69) is 24.0 Å². The maximum atomic E-state index is 12.4. The first-order valence-electron chi connectivity index (χ1n) is 13.5. The highest BCUT2D eigenvalue weighted by molar-refractivity contribution is 6.30. The summed E-state index contributed by atoms with van der Waals surface area (Å²) < 4.78 is 17.4. The Morgan fingerprint density at radius 1 is 1.19 bits per heavy atom. The van der Waals surface area contributed by atoms with Gasteiger partial charge in [0.15, 0.2) is 0 Å². The van der Waals surface area contributed by atoms with Crippen molar-refractivity contribution in [3.05, 3.63) is 58.1 Å². The van der Waals surface area contributed by atoms with Crippen LogP contribution in [0.1, 0.15) is 66.4 Å². The zero-order valence-electron chi connectivity index (χ0n) is 21.7. The molecule has 0 radical (unpaired) electrons. The maximum absolute atomic E-state index is 12.4. The van der Waals surface area contributed by atoms with Gasteiger partial charge in [0.2, 0.25) is 0 Å². The van der Waals surface area contributed by atoms with E-state index >= 15 is 0 Å². The SMILES string of the molecule is CCCc1cc(Cl)ccc1C1COc2ccc(C(=O)OC)cc2N(CC2CCC2C2CC(=O)CCO2)C1. The highest BCUT2D eigenvalue weighted by Gasteiger charge is 2.41. The van der Waals surface area contributed by atoms with Crippen LogP contribution in [0.25, 0.3) is 0 Å². The molecule has 0 amide bonds. The van der Waals surface area contributed by atoms with Gasteiger partial charge in [-0.1, -0.05) is 31.0 Å². The Bertz CT molecular complexity index is 1150. The van der Waals surface area contributed by atoms with Gasteiger partial charge in [-0.15, -0.1) is 0 Å². The Morgan fingerprint density at radius 3 is 2.78 bits per heavy atom. The van der Waals surface area contributed by atoms with E-state index in [1.807, 2.05) is 18.2 Å².